The van der Waals surface area contributed by atoms with Gasteiger partial charge in [0.1, 0.15) is 0 Å². The summed E-state index contributed by atoms with van der Waals surface area (Å²) in [6, 6.07) is 36.7. The second-order valence-corrected chi connectivity index (χ2v) is 5.33. The van der Waals surface area contributed by atoms with Gasteiger partial charge in [-0.25, -0.2) is 0 Å². The maximum atomic E-state index is 3.11. The Morgan fingerprint density at radius 2 is 0.625 bits per heavy atom. The van der Waals surface area contributed by atoms with Gasteiger partial charge in [-0.1, -0.05) is 96.8 Å². The van der Waals surface area contributed by atoms with E-state index >= 15 is 0 Å². The molecule has 0 atom stereocenters. The van der Waals surface area contributed by atoms with Crippen molar-refractivity contribution >= 4 is 10.8 Å². The molecule has 0 bridgehead atoms. The molecule has 4 aromatic rings. The van der Waals surface area contributed by atoms with Crippen LogP contribution >= 0.6 is 0 Å². The first kappa shape index (κ1) is 15.6. The second kappa shape index (κ2) is 8.36. The Bertz CT molecular complexity index is 833. The van der Waals surface area contributed by atoms with E-state index in [1.807, 2.05) is 60.7 Å². The Morgan fingerprint density at radius 3 is 0.958 bits per heavy atom. The summed E-state index contributed by atoms with van der Waals surface area (Å²) in [5.74, 6) is 6.22. The molecule has 0 heteroatoms. The number of hydrogen-bond donors (Lipinski definition) is 0. The third-order valence-corrected chi connectivity index (χ3v) is 3.56. The first-order valence-corrected chi connectivity index (χ1v) is 7.98. The van der Waals surface area contributed by atoms with Crippen LogP contribution in [0.2, 0.25) is 0 Å². The maximum Gasteiger partial charge on any atom is 0.0249 e. The zero-order chi connectivity index (χ0) is 16.5. The molecule has 0 amide bonds. The summed E-state index contributed by atoms with van der Waals surface area (Å²) in [6.07, 6.45) is 0. The predicted molar refractivity (Wildman–Crippen MR) is 103 cm³/mol. The van der Waals surface area contributed by atoms with E-state index in [4.69, 9.17) is 0 Å². The lowest BCUT2D eigenvalue weighted by Gasteiger charge is -1.92. The molecule has 0 nitrogen and oxygen atoms in total. The lowest BCUT2D eigenvalue weighted by molar-refractivity contribution is 1.62. The van der Waals surface area contributed by atoms with Gasteiger partial charge >= 0.3 is 0 Å². The van der Waals surface area contributed by atoms with Gasteiger partial charge in [0.2, 0.25) is 0 Å². The molecule has 0 saturated carbocycles. The quantitative estimate of drug-likeness (QED) is 0.353. The van der Waals surface area contributed by atoms with Crippen LogP contribution in [-0.2, 0) is 0 Å². The third-order valence-electron chi connectivity index (χ3n) is 3.56. The number of fused-ring (bicyclic) bond motifs is 1. The van der Waals surface area contributed by atoms with E-state index in [-0.39, 0.29) is 0 Å². The molecular formula is C24H18. The number of rotatable bonds is 0. The van der Waals surface area contributed by atoms with Gasteiger partial charge in [-0.3, -0.25) is 0 Å². The third kappa shape index (κ3) is 4.60. The fourth-order valence-electron chi connectivity index (χ4n) is 2.32. The van der Waals surface area contributed by atoms with E-state index in [1.54, 1.807) is 0 Å². The van der Waals surface area contributed by atoms with Crippen molar-refractivity contribution in [2.75, 3.05) is 0 Å². The molecule has 4 aromatic carbocycles. The minimum Gasteiger partial charge on any atom is -0.0622 e. The minimum atomic E-state index is 1.05. The van der Waals surface area contributed by atoms with Crippen LogP contribution in [0.15, 0.2) is 109 Å². The standard InChI is InChI=1S/C14H10.C10H8/c1-3-7-13(8-4-1)11-12-14-9-5-2-6-10-14;1-2-6-10-8-4-3-7-9(10)5-1/h1-10H;1-8H. The van der Waals surface area contributed by atoms with Crippen LogP contribution in [-0.4, -0.2) is 0 Å². The second-order valence-electron chi connectivity index (χ2n) is 5.33. The molecule has 0 aromatic heterocycles. The van der Waals surface area contributed by atoms with E-state index < -0.39 is 0 Å². The summed E-state index contributed by atoms with van der Waals surface area (Å²) in [4.78, 5) is 0. The molecular weight excluding hydrogens is 288 g/mol. The van der Waals surface area contributed by atoms with Crippen molar-refractivity contribution in [3.8, 4) is 11.8 Å². The lowest BCUT2D eigenvalue weighted by Crippen LogP contribution is -1.73. The van der Waals surface area contributed by atoms with Crippen molar-refractivity contribution in [3.05, 3.63) is 120 Å². The van der Waals surface area contributed by atoms with Crippen molar-refractivity contribution in [3.63, 3.8) is 0 Å². The van der Waals surface area contributed by atoms with Crippen LogP contribution < -0.4 is 0 Å². The first-order valence-electron chi connectivity index (χ1n) is 7.98. The summed E-state index contributed by atoms with van der Waals surface area (Å²) < 4.78 is 0. The SMILES string of the molecule is C(#Cc1ccccc1)c1ccccc1.c1ccc2ccccc2c1. The van der Waals surface area contributed by atoms with Crippen LogP contribution in [0.5, 0.6) is 0 Å². The fourth-order valence-corrected chi connectivity index (χ4v) is 2.32. The molecule has 0 fully saturated rings. The van der Waals surface area contributed by atoms with Crippen LogP contribution in [0.3, 0.4) is 0 Å². The highest BCUT2D eigenvalue weighted by Gasteiger charge is 1.85. The van der Waals surface area contributed by atoms with Crippen LogP contribution in [0.25, 0.3) is 10.8 Å². The molecule has 0 unspecified atom stereocenters. The van der Waals surface area contributed by atoms with Crippen LogP contribution in [0, 0.1) is 11.8 Å². The van der Waals surface area contributed by atoms with E-state index in [0.29, 0.717) is 0 Å². The zero-order valence-corrected chi connectivity index (χ0v) is 13.4. The molecule has 0 radical (unpaired) electrons. The summed E-state index contributed by atoms with van der Waals surface area (Å²) in [5, 5.41) is 2.62. The van der Waals surface area contributed by atoms with Crippen LogP contribution in [0.1, 0.15) is 11.1 Å². The largest absolute Gasteiger partial charge is 0.0622 e. The molecule has 0 aliphatic rings. The highest BCUT2D eigenvalue weighted by Crippen LogP contribution is 2.11. The monoisotopic (exact) mass is 306 g/mol. The van der Waals surface area contributed by atoms with Gasteiger partial charge in [0.15, 0.2) is 0 Å². The topological polar surface area (TPSA) is 0 Å². The highest BCUT2D eigenvalue weighted by molar-refractivity contribution is 5.82. The van der Waals surface area contributed by atoms with Crippen molar-refractivity contribution in [1.82, 2.24) is 0 Å². The Kier molecular flexibility index (Phi) is 5.43. The molecule has 0 spiro atoms. The first-order chi connectivity index (χ1) is 11.9. The Balaban J connectivity index is 0.000000149. The summed E-state index contributed by atoms with van der Waals surface area (Å²) in [7, 11) is 0. The summed E-state index contributed by atoms with van der Waals surface area (Å²) in [5.41, 5.74) is 2.10. The van der Waals surface area contributed by atoms with Crippen molar-refractivity contribution in [1.29, 1.82) is 0 Å². The van der Waals surface area contributed by atoms with Gasteiger partial charge in [-0.15, -0.1) is 0 Å². The molecule has 0 N–H and O–H groups in total. The van der Waals surface area contributed by atoms with Gasteiger partial charge in [-0.05, 0) is 35.0 Å². The molecule has 24 heavy (non-hydrogen) atoms. The van der Waals surface area contributed by atoms with Crippen molar-refractivity contribution in [2.45, 2.75) is 0 Å². The Hall–Kier alpha value is -3.30. The molecule has 4 rings (SSSR count). The van der Waals surface area contributed by atoms with Gasteiger partial charge < -0.3 is 0 Å². The molecule has 0 aliphatic carbocycles. The number of hydrogen-bond acceptors (Lipinski definition) is 0. The Morgan fingerprint density at radius 1 is 0.333 bits per heavy atom. The van der Waals surface area contributed by atoms with Gasteiger partial charge in [0.05, 0.1) is 0 Å². The van der Waals surface area contributed by atoms with Crippen LogP contribution in [0.4, 0.5) is 0 Å². The highest BCUT2D eigenvalue weighted by atomic mass is 13.9. The average Bonchev–Trinajstić information content (AvgIpc) is 2.69. The van der Waals surface area contributed by atoms with Crippen molar-refractivity contribution in [2.24, 2.45) is 0 Å². The average molecular weight is 306 g/mol. The van der Waals surface area contributed by atoms with E-state index in [1.165, 1.54) is 10.8 Å². The van der Waals surface area contributed by atoms with E-state index in [9.17, 15) is 0 Å². The molecule has 114 valence electrons. The summed E-state index contributed by atoms with van der Waals surface area (Å²) >= 11 is 0. The molecule has 0 aliphatic heterocycles. The maximum absolute atomic E-state index is 3.11. The van der Waals surface area contributed by atoms with E-state index in [0.717, 1.165) is 11.1 Å². The smallest absolute Gasteiger partial charge is 0.0249 e. The fraction of sp³-hybridized carbons (Fsp3) is 0. The Labute approximate surface area is 143 Å². The predicted octanol–water partition coefficient (Wildman–Crippen LogP) is 5.93. The van der Waals surface area contributed by atoms with E-state index in [2.05, 4.69) is 60.4 Å². The molecule has 0 heterocycles. The zero-order valence-electron chi connectivity index (χ0n) is 13.4. The lowest BCUT2D eigenvalue weighted by atomic mass is 10.1. The number of benzene rings is 4. The van der Waals surface area contributed by atoms with Crippen molar-refractivity contribution < 1.29 is 0 Å². The van der Waals surface area contributed by atoms with Gasteiger partial charge in [-0.2, -0.15) is 0 Å². The molecule has 0 saturated heterocycles. The minimum absolute atomic E-state index is 1.05. The van der Waals surface area contributed by atoms with Gasteiger partial charge in [0.25, 0.3) is 0 Å². The van der Waals surface area contributed by atoms with Gasteiger partial charge in [0, 0.05) is 11.1 Å². The summed E-state index contributed by atoms with van der Waals surface area (Å²) in [6.45, 7) is 0. The normalized spacial score (nSPS) is 9.33.